The van der Waals surface area contributed by atoms with Gasteiger partial charge in [0, 0.05) is 11.7 Å². The summed E-state index contributed by atoms with van der Waals surface area (Å²) < 4.78 is 0. The Morgan fingerprint density at radius 2 is 1.90 bits per heavy atom. The lowest BCUT2D eigenvalue weighted by molar-refractivity contribution is 0.309. The molecule has 0 spiro atoms. The molecule has 2 nitrogen and oxygen atoms in total. The zero-order valence-corrected chi connectivity index (χ0v) is 13.6. The first-order valence-corrected chi connectivity index (χ1v) is 8.15. The van der Waals surface area contributed by atoms with Gasteiger partial charge in [0.1, 0.15) is 0 Å². The summed E-state index contributed by atoms with van der Waals surface area (Å²) in [6, 6.07) is 8.93. The Morgan fingerprint density at radius 1 is 1.20 bits per heavy atom. The van der Waals surface area contributed by atoms with Crippen LogP contribution in [0.2, 0.25) is 0 Å². The quantitative estimate of drug-likeness (QED) is 0.791. The minimum atomic E-state index is 0.495. The van der Waals surface area contributed by atoms with E-state index in [1.165, 1.54) is 31.2 Å². The molecule has 3 heteroatoms. The number of hydrogen-bond donors (Lipinski definition) is 2. The van der Waals surface area contributed by atoms with Crippen molar-refractivity contribution in [3.05, 3.63) is 29.8 Å². The topological polar surface area (TPSA) is 24.1 Å². The fraction of sp³-hybridized carbons (Fsp3) is 0.588. The average molecular weight is 290 g/mol. The van der Waals surface area contributed by atoms with Crippen molar-refractivity contribution in [2.75, 3.05) is 5.32 Å². The molecule has 2 N–H and O–H groups in total. The molecule has 110 valence electrons. The van der Waals surface area contributed by atoms with Crippen LogP contribution in [0.25, 0.3) is 0 Å². The maximum Gasteiger partial charge on any atom is 0.171 e. The molecule has 0 aliphatic heterocycles. The van der Waals surface area contributed by atoms with Crippen LogP contribution in [0.4, 0.5) is 5.69 Å². The van der Waals surface area contributed by atoms with Crippen molar-refractivity contribution in [2.24, 2.45) is 5.92 Å². The molecule has 0 aromatic heterocycles. The molecule has 0 heterocycles. The van der Waals surface area contributed by atoms with Gasteiger partial charge in [-0.1, -0.05) is 51.8 Å². The Labute approximate surface area is 128 Å². The molecule has 0 bridgehead atoms. The summed E-state index contributed by atoms with van der Waals surface area (Å²) in [5.74, 6) is 1.21. The van der Waals surface area contributed by atoms with E-state index in [0.717, 1.165) is 10.8 Å². The first kappa shape index (κ1) is 15.3. The highest BCUT2D eigenvalue weighted by Gasteiger charge is 2.21. The first-order valence-electron chi connectivity index (χ1n) is 7.74. The highest BCUT2D eigenvalue weighted by molar-refractivity contribution is 7.80. The second-order valence-electron chi connectivity index (χ2n) is 6.21. The number of nitrogens with one attached hydrogen (secondary N) is 2. The van der Waals surface area contributed by atoms with Crippen molar-refractivity contribution >= 4 is 23.0 Å². The van der Waals surface area contributed by atoms with E-state index in [9.17, 15) is 0 Å². The minimum absolute atomic E-state index is 0.495. The molecule has 20 heavy (non-hydrogen) atoms. The summed E-state index contributed by atoms with van der Waals surface area (Å²) in [5.41, 5.74) is 2.44. The van der Waals surface area contributed by atoms with Crippen LogP contribution in [0.1, 0.15) is 57.9 Å². The smallest absolute Gasteiger partial charge is 0.171 e. The Bertz CT molecular complexity index is 456. The minimum Gasteiger partial charge on any atom is -0.359 e. The van der Waals surface area contributed by atoms with E-state index in [0.29, 0.717) is 17.9 Å². The molecule has 0 saturated heterocycles. The van der Waals surface area contributed by atoms with E-state index in [2.05, 4.69) is 55.7 Å². The number of benzene rings is 1. The SMILES string of the molecule is CC(C)c1ccccc1NC(=S)N[C@H]1CCCC[C@@H]1C. The fourth-order valence-electron chi connectivity index (χ4n) is 2.97. The second kappa shape index (κ2) is 7.07. The normalized spacial score (nSPS) is 22.6. The van der Waals surface area contributed by atoms with Gasteiger partial charge in [-0.05, 0) is 48.5 Å². The van der Waals surface area contributed by atoms with Crippen LogP contribution in [0, 0.1) is 5.92 Å². The molecule has 0 amide bonds. The monoisotopic (exact) mass is 290 g/mol. The van der Waals surface area contributed by atoms with Gasteiger partial charge in [0.2, 0.25) is 0 Å². The van der Waals surface area contributed by atoms with Gasteiger partial charge < -0.3 is 10.6 Å². The molecule has 1 aromatic rings. The van der Waals surface area contributed by atoms with Gasteiger partial charge in [0.15, 0.2) is 5.11 Å². The lowest BCUT2D eigenvalue weighted by atomic mass is 9.86. The van der Waals surface area contributed by atoms with Gasteiger partial charge in [-0.15, -0.1) is 0 Å². The highest BCUT2D eigenvalue weighted by Crippen LogP contribution is 2.25. The molecule has 2 atom stereocenters. The van der Waals surface area contributed by atoms with E-state index in [4.69, 9.17) is 12.2 Å². The second-order valence-corrected chi connectivity index (χ2v) is 6.62. The average Bonchev–Trinajstić information content (AvgIpc) is 2.41. The highest BCUT2D eigenvalue weighted by atomic mass is 32.1. The maximum absolute atomic E-state index is 5.49. The van der Waals surface area contributed by atoms with Crippen LogP contribution in [-0.2, 0) is 0 Å². The molecule has 0 radical (unpaired) electrons. The zero-order chi connectivity index (χ0) is 14.5. The van der Waals surface area contributed by atoms with Crippen molar-refractivity contribution in [2.45, 2.75) is 58.4 Å². The van der Waals surface area contributed by atoms with Crippen molar-refractivity contribution in [3.8, 4) is 0 Å². The van der Waals surface area contributed by atoms with Crippen LogP contribution in [-0.4, -0.2) is 11.2 Å². The molecule has 1 fully saturated rings. The van der Waals surface area contributed by atoms with Crippen LogP contribution in [0.3, 0.4) is 0 Å². The van der Waals surface area contributed by atoms with Gasteiger partial charge >= 0.3 is 0 Å². The van der Waals surface area contributed by atoms with Crippen LogP contribution < -0.4 is 10.6 Å². The Kier molecular flexibility index (Phi) is 5.41. The summed E-state index contributed by atoms with van der Waals surface area (Å²) in [7, 11) is 0. The zero-order valence-electron chi connectivity index (χ0n) is 12.8. The van der Waals surface area contributed by atoms with E-state index >= 15 is 0 Å². The lowest BCUT2D eigenvalue weighted by Gasteiger charge is -2.30. The largest absolute Gasteiger partial charge is 0.359 e. The third kappa shape index (κ3) is 3.95. The van der Waals surface area contributed by atoms with Gasteiger partial charge in [-0.3, -0.25) is 0 Å². The number of para-hydroxylation sites is 1. The summed E-state index contributed by atoms with van der Waals surface area (Å²) in [6.07, 6.45) is 5.21. The number of hydrogen-bond acceptors (Lipinski definition) is 1. The molecule has 1 aromatic carbocycles. The summed E-state index contributed by atoms with van der Waals surface area (Å²) >= 11 is 5.49. The number of anilines is 1. The van der Waals surface area contributed by atoms with Gasteiger partial charge in [0.05, 0.1) is 0 Å². The van der Waals surface area contributed by atoms with E-state index in [-0.39, 0.29) is 0 Å². The van der Waals surface area contributed by atoms with Gasteiger partial charge in [-0.25, -0.2) is 0 Å². The summed E-state index contributed by atoms with van der Waals surface area (Å²) in [6.45, 7) is 6.74. The summed E-state index contributed by atoms with van der Waals surface area (Å²) in [5, 5.41) is 7.64. The van der Waals surface area contributed by atoms with Crippen LogP contribution >= 0.6 is 12.2 Å². The molecular weight excluding hydrogens is 264 g/mol. The third-order valence-electron chi connectivity index (χ3n) is 4.26. The fourth-order valence-corrected chi connectivity index (χ4v) is 3.23. The summed E-state index contributed by atoms with van der Waals surface area (Å²) in [4.78, 5) is 0. The predicted molar refractivity (Wildman–Crippen MR) is 91.3 cm³/mol. The van der Waals surface area contributed by atoms with E-state index in [1.54, 1.807) is 0 Å². The van der Waals surface area contributed by atoms with Crippen molar-refractivity contribution in [1.29, 1.82) is 0 Å². The van der Waals surface area contributed by atoms with Crippen molar-refractivity contribution in [3.63, 3.8) is 0 Å². The predicted octanol–water partition coefficient (Wildman–Crippen LogP) is 4.68. The Morgan fingerprint density at radius 3 is 2.60 bits per heavy atom. The van der Waals surface area contributed by atoms with Crippen molar-refractivity contribution in [1.82, 2.24) is 5.32 Å². The van der Waals surface area contributed by atoms with Crippen molar-refractivity contribution < 1.29 is 0 Å². The van der Waals surface area contributed by atoms with Gasteiger partial charge in [-0.2, -0.15) is 0 Å². The maximum atomic E-state index is 5.49. The molecule has 1 saturated carbocycles. The number of rotatable bonds is 3. The van der Waals surface area contributed by atoms with Crippen LogP contribution in [0.5, 0.6) is 0 Å². The molecule has 1 aliphatic carbocycles. The molecule has 2 rings (SSSR count). The molecule has 0 unspecified atom stereocenters. The third-order valence-corrected chi connectivity index (χ3v) is 4.48. The van der Waals surface area contributed by atoms with E-state index < -0.39 is 0 Å². The lowest BCUT2D eigenvalue weighted by Crippen LogP contribution is -2.43. The molecule has 1 aliphatic rings. The first-order chi connectivity index (χ1) is 9.58. The Hall–Kier alpha value is -1.09. The van der Waals surface area contributed by atoms with Gasteiger partial charge in [0.25, 0.3) is 0 Å². The molecular formula is C17H26N2S. The standard InChI is InChI=1S/C17H26N2S/c1-12(2)14-9-5-7-11-16(14)19-17(20)18-15-10-6-4-8-13(15)3/h5,7,9,11-13,15H,4,6,8,10H2,1-3H3,(H2,18,19,20)/t13-,15-/m0/s1. The number of thiocarbonyl (C=S) groups is 1. The van der Waals surface area contributed by atoms with E-state index in [1.807, 2.05) is 0 Å². The van der Waals surface area contributed by atoms with Crippen LogP contribution in [0.15, 0.2) is 24.3 Å². The Balaban J connectivity index is 1.97.